The number of hydrogen-bond donors (Lipinski definition) is 1. The SMILES string of the molecule is CC1(C)OCC([C@@H]2OC(=O)CC2O)O1. The number of cyclic esters (lactones) is 1. The number of ether oxygens (including phenoxy) is 3. The van der Waals surface area contributed by atoms with Gasteiger partial charge in [0, 0.05) is 0 Å². The van der Waals surface area contributed by atoms with Gasteiger partial charge >= 0.3 is 5.97 Å². The molecule has 0 aromatic carbocycles. The highest BCUT2D eigenvalue weighted by atomic mass is 16.8. The molecule has 1 N–H and O–H groups in total. The van der Waals surface area contributed by atoms with E-state index in [1.54, 1.807) is 13.8 Å². The Hall–Kier alpha value is -0.650. The number of hydrogen-bond acceptors (Lipinski definition) is 5. The van der Waals surface area contributed by atoms with Crippen LogP contribution in [0.5, 0.6) is 0 Å². The number of carbonyl (C=O) groups excluding carboxylic acids is 1. The summed E-state index contributed by atoms with van der Waals surface area (Å²) in [5.41, 5.74) is 0. The highest BCUT2D eigenvalue weighted by Gasteiger charge is 2.45. The molecule has 0 aliphatic carbocycles. The second kappa shape index (κ2) is 3.18. The first-order valence-electron chi connectivity index (χ1n) is 4.67. The van der Waals surface area contributed by atoms with E-state index in [0.29, 0.717) is 6.61 Å². The third kappa shape index (κ3) is 1.75. The number of esters is 1. The summed E-state index contributed by atoms with van der Waals surface area (Å²) in [6.07, 6.45) is -1.66. The van der Waals surface area contributed by atoms with Crippen LogP contribution in [0.2, 0.25) is 0 Å². The van der Waals surface area contributed by atoms with Crippen LogP contribution in [0.25, 0.3) is 0 Å². The van der Waals surface area contributed by atoms with Crippen molar-refractivity contribution in [1.29, 1.82) is 0 Å². The molecule has 5 nitrogen and oxygen atoms in total. The molecule has 5 heteroatoms. The van der Waals surface area contributed by atoms with E-state index in [4.69, 9.17) is 14.2 Å². The molecular weight excluding hydrogens is 188 g/mol. The summed E-state index contributed by atoms with van der Waals surface area (Å²) in [4.78, 5) is 10.9. The van der Waals surface area contributed by atoms with Crippen molar-refractivity contribution in [2.24, 2.45) is 0 Å². The summed E-state index contributed by atoms with van der Waals surface area (Å²) < 4.78 is 15.8. The molecule has 3 atom stereocenters. The van der Waals surface area contributed by atoms with Gasteiger partial charge in [-0.1, -0.05) is 0 Å². The maximum absolute atomic E-state index is 10.9. The lowest BCUT2D eigenvalue weighted by atomic mass is 10.1. The fourth-order valence-electron chi connectivity index (χ4n) is 1.77. The second-order valence-corrected chi connectivity index (χ2v) is 4.09. The standard InChI is InChI=1S/C9H14O5/c1-9(2)12-4-6(14-9)8-5(10)3-7(11)13-8/h5-6,8,10H,3-4H2,1-2H3/t5?,6?,8-/m1/s1. The van der Waals surface area contributed by atoms with Crippen molar-refractivity contribution in [1.82, 2.24) is 0 Å². The predicted octanol–water partition coefficient (Wildman–Crippen LogP) is -0.186. The van der Waals surface area contributed by atoms with Crippen molar-refractivity contribution < 1.29 is 24.1 Å². The van der Waals surface area contributed by atoms with Gasteiger partial charge in [0.25, 0.3) is 0 Å². The summed E-state index contributed by atoms with van der Waals surface area (Å²) in [6, 6.07) is 0. The van der Waals surface area contributed by atoms with Gasteiger partial charge in [-0.05, 0) is 13.8 Å². The van der Waals surface area contributed by atoms with Gasteiger partial charge in [-0.15, -0.1) is 0 Å². The molecule has 2 heterocycles. The van der Waals surface area contributed by atoms with Crippen molar-refractivity contribution >= 4 is 5.97 Å². The molecule has 2 unspecified atom stereocenters. The Kier molecular flexibility index (Phi) is 2.25. The van der Waals surface area contributed by atoms with Gasteiger partial charge in [0.05, 0.1) is 13.0 Å². The van der Waals surface area contributed by atoms with E-state index in [2.05, 4.69) is 0 Å². The maximum Gasteiger partial charge on any atom is 0.309 e. The van der Waals surface area contributed by atoms with Gasteiger partial charge in [0.15, 0.2) is 11.9 Å². The minimum Gasteiger partial charge on any atom is -0.457 e. The predicted molar refractivity (Wildman–Crippen MR) is 45.4 cm³/mol. The highest BCUT2D eigenvalue weighted by molar-refractivity contribution is 5.72. The smallest absolute Gasteiger partial charge is 0.309 e. The fraction of sp³-hybridized carbons (Fsp3) is 0.889. The van der Waals surface area contributed by atoms with Crippen LogP contribution in [0, 0.1) is 0 Å². The molecule has 14 heavy (non-hydrogen) atoms. The third-order valence-corrected chi connectivity index (χ3v) is 2.42. The van der Waals surface area contributed by atoms with Crippen molar-refractivity contribution in [3.05, 3.63) is 0 Å². The third-order valence-electron chi connectivity index (χ3n) is 2.42. The molecule has 2 aliphatic heterocycles. The minimum absolute atomic E-state index is 0.0466. The zero-order valence-electron chi connectivity index (χ0n) is 8.23. The molecule has 0 amide bonds. The molecule has 0 radical (unpaired) electrons. The van der Waals surface area contributed by atoms with Crippen LogP contribution in [0.1, 0.15) is 20.3 Å². The average molecular weight is 202 g/mol. The van der Waals surface area contributed by atoms with Crippen molar-refractivity contribution in [3.63, 3.8) is 0 Å². The molecule has 2 saturated heterocycles. The first kappa shape index (κ1) is 9.89. The first-order chi connectivity index (χ1) is 6.48. The summed E-state index contributed by atoms with van der Waals surface area (Å²) in [6.45, 7) is 3.92. The van der Waals surface area contributed by atoms with Crippen molar-refractivity contribution in [2.45, 2.75) is 44.4 Å². The Labute approximate surface area is 81.9 Å². The number of aliphatic hydroxyl groups excluding tert-OH is 1. The monoisotopic (exact) mass is 202 g/mol. The number of rotatable bonds is 1. The second-order valence-electron chi connectivity index (χ2n) is 4.09. The maximum atomic E-state index is 10.9. The molecule has 2 fully saturated rings. The van der Waals surface area contributed by atoms with E-state index < -0.39 is 18.0 Å². The Morgan fingerprint density at radius 3 is 2.64 bits per heavy atom. The molecular formula is C9H14O5. The lowest BCUT2D eigenvalue weighted by molar-refractivity contribution is -0.166. The number of aliphatic hydroxyl groups is 1. The topological polar surface area (TPSA) is 65.0 Å². The molecule has 0 bridgehead atoms. The van der Waals surface area contributed by atoms with E-state index in [9.17, 15) is 9.90 Å². The fourth-order valence-corrected chi connectivity index (χ4v) is 1.77. The van der Waals surface area contributed by atoms with Gasteiger partial charge < -0.3 is 19.3 Å². The van der Waals surface area contributed by atoms with E-state index >= 15 is 0 Å². The Morgan fingerprint density at radius 1 is 1.50 bits per heavy atom. The number of carbonyl (C=O) groups is 1. The van der Waals surface area contributed by atoms with Crippen LogP contribution in [0.4, 0.5) is 0 Å². The highest BCUT2D eigenvalue weighted by Crippen LogP contribution is 2.29. The van der Waals surface area contributed by atoms with Crippen molar-refractivity contribution in [2.75, 3.05) is 6.61 Å². The van der Waals surface area contributed by atoms with Gasteiger partial charge in [-0.3, -0.25) is 4.79 Å². The lowest BCUT2D eigenvalue weighted by Gasteiger charge is -2.21. The van der Waals surface area contributed by atoms with Crippen LogP contribution in [0.3, 0.4) is 0 Å². The summed E-state index contributed by atoms with van der Waals surface area (Å²) in [5, 5.41) is 9.51. The summed E-state index contributed by atoms with van der Waals surface area (Å²) in [7, 11) is 0. The normalized spacial score (nSPS) is 41.4. The van der Waals surface area contributed by atoms with Gasteiger partial charge in [-0.2, -0.15) is 0 Å². The lowest BCUT2D eigenvalue weighted by Crippen LogP contribution is -2.37. The van der Waals surface area contributed by atoms with Crippen LogP contribution < -0.4 is 0 Å². The molecule has 80 valence electrons. The Bertz CT molecular complexity index is 250. The van der Waals surface area contributed by atoms with Crippen molar-refractivity contribution in [3.8, 4) is 0 Å². The molecule has 0 aromatic heterocycles. The van der Waals surface area contributed by atoms with Crippen LogP contribution in [-0.4, -0.2) is 41.8 Å². The van der Waals surface area contributed by atoms with Crippen LogP contribution in [-0.2, 0) is 19.0 Å². The van der Waals surface area contributed by atoms with Gasteiger partial charge in [-0.25, -0.2) is 0 Å². The van der Waals surface area contributed by atoms with Gasteiger partial charge in [0.2, 0.25) is 0 Å². The molecule has 0 aromatic rings. The largest absolute Gasteiger partial charge is 0.457 e. The van der Waals surface area contributed by atoms with E-state index in [0.717, 1.165) is 0 Å². The summed E-state index contributed by atoms with van der Waals surface area (Å²) >= 11 is 0. The van der Waals surface area contributed by atoms with E-state index in [1.807, 2.05) is 0 Å². The zero-order valence-corrected chi connectivity index (χ0v) is 8.23. The van der Waals surface area contributed by atoms with E-state index in [-0.39, 0.29) is 18.5 Å². The van der Waals surface area contributed by atoms with Crippen LogP contribution >= 0.6 is 0 Å². The molecule has 2 rings (SSSR count). The van der Waals surface area contributed by atoms with E-state index in [1.165, 1.54) is 0 Å². The Morgan fingerprint density at radius 2 is 2.21 bits per heavy atom. The molecule has 0 saturated carbocycles. The van der Waals surface area contributed by atoms with Crippen LogP contribution in [0.15, 0.2) is 0 Å². The molecule has 0 spiro atoms. The summed E-state index contributed by atoms with van der Waals surface area (Å²) in [5.74, 6) is -1.03. The quantitative estimate of drug-likeness (QED) is 0.597. The first-order valence-corrected chi connectivity index (χ1v) is 4.67. The molecule has 2 aliphatic rings. The zero-order chi connectivity index (χ0) is 10.3. The minimum atomic E-state index is -0.773. The van der Waals surface area contributed by atoms with Gasteiger partial charge in [0.1, 0.15) is 12.2 Å². The average Bonchev–Trinajstić information content (AvgIpc) is 2.55. The Balaban J connectivity index is 2.00.